The average molecular weight is 808 g/mol. The van der Waals surface area contributed by atoms with Crippen molar-refractivity contribution in [2.75, 3.05) is 24.3 Å². The molecule has 1 saturated carbocycles. The number of aromatic carboxylic acids is 1. The number of aryl methyl sites for hydroxylation is 2. The van der Waals surface area contributed by atoms with E-state index in [4.69, 9.17) is 9.84 Å². The van der Waals surface area contributed by atoms with Crippen LogP contribution >= 0.6 is 0 Å². The topological polar surface area (TPSA) is 179 Å². The molecule has 0 bridgehead atoms. The van der Waals surface area contributed by atoms with E-state index in [-0.39, 0.29) is 145 Å². The van der Waals surface area contributed by atoms with Crippen molar-refractivity contribution in [3.8, 4) is 5.75 Å². The molecule has 1 aliphatic carbocycles. The molecule has 0 spiro atoms. The van der Waals surface area contributed by atoms with E-state index in [1.807, 2.05) is 12.1 Å². The normalized spacial score (nSPS) is 15.2. The third kappa shape index (κ3) is 11.9. The van der Waals surface area contributed by atoms with Crippen LogP contribution in [0.1, 0.15) is 77.7 Å². The van der Waals surface area contributed by atoms with Gasteiger partial charge in [-0.25, -0.2) is 13.2 Å². The molecule has 2 amide bonds. The van der Waals surface area contributed by atoms with Crippen molar-refractivity contribution in [1.82, 2.24) is 4.31 Å². The van der Waals surface area contributed by atoms with Crippen LogP contribution in [0.15, 0.2) is 95.9 Å². The number of rotatable bonds is 14. The molecule has 0 saturated heterocycles. The summed E-state index contributed by atoms with van der Waals surface area (Å²) < 4.78 is 34.2. The summed E-state index contributed by atoms with van der Waals surface area (Å²) in [6.45, 7) is 1.92. The smallest absolute Gasteiger partial charge is 1.00 e. The minimum atomic E-state index is -4.00. The van der Waals surface area contributed by atoms with Crippen molar-refractivity contribution in [2.24, 2.45) is 5.92 Å². The maximum Gasteiger partial charge on any atom is 1.00 e. The molecule has 0 unspecified atom stereocenters. The summed E-state index contributed by atoms with van der Waals surface area (Å²) in [4.78, 5) is 49.5. The Morgan fingerprint density at radius 2 is 1.39 bits per heavy atom. The predicted octanol–water partition coefficient (Wildman–Crippen LogP) is 0.570. The van der Waals surface area contributed by atoms with Gasteiger partial charge in [-0.05, 0) is 110 Å². The summed E-state index contributed by atoms with van der Waals surface area (Å²) in [5.41, 5.74) is 3.16. The number of anilines is 2. The number of nitrogens with zero attached hydrogens (tertiary/aromatic N) is 1. The molecule has 0 atom stereocenters. The Morgan fingerprint density at radius 1 is 0.778 bits per heavy atom. The van der Waals surface area contributed by atoms with Crippen molar-refractivity contribution in [3.05, 3.63) is 119 Å². The minimum absolute atomic E-state index is 0. The molecule has 4 aromatic rings. The maximum atomic E-state index is 13.7. The summed E-state index contributed by atoms with van der Waals surface area (Å²) in [5, 5.41) is 24.0. The largest absolute Gasteiger partial charge is 1.00 e. The Morgan fingerprint density at radius 3 is 1.94 bits per heavy atom. The molecule has 4 N–H and O–H groups in total. The van der Waals surface area contributed by atoms with E-state index < -0.39 is 39.7 Å². The first-order chi connectivity index (χ1) is 24.9. The first kappa shape index (κ1) is 46.1. The minimum Gasteiger partial charge on any atom is -1.00 e. The number of methoxy groups -OCH3 is 1. The SMILES string of the molecule is CCN(C1CCC(C(=O)O)CC1)S(=O)(=O)c1cccc(C(=O)Nc2ccc(OC)cc2C(=O)Nc2ccc(CCc3ccc(C(=O)O)cc3)cc2)c1.[H-].[H-].[K+].[K+]. The van der Waals surface area contributed by atoms with E-state index in [2.05, 4.69) is 10.6 Å². The van der Waals surface area contributed by atoms with E-state index >= 15 is 0 Å². The number of carbonyl (C=O) groups is 4. The second kappa shape index (κ2) is 21.3. The fourth-order valence-electron chi connectivity index (χ4n) is 6.37. The summed E-state index contributed by atoms with van der Waals surface area (Å²) in [6, 6.07) is 24.0. The fraction of sp³-hybridized carbons (Fsp3) is 0.282. The van der Waals surface area contributed by atoms with Gasteiger partial charge in [0.2, 0.25) is 10.0 Å². The summed E-state index contributed by atoms with van der Waals surface area (Å²) in [5.74, 6) is -3.06. The van der Waals surface area contributed by atoms with Gasteiger partial charge in [-0.15, -0.1) is 0 Å². The van der Waals surface area contributed by atoms with Crippen LogP contribution in [0.4, 0.5) is 11.4 Å². The van der Waals surface area contributed by atoms with Crippen molar-refractivity contribution in [3.63, 3.8) is 0 Å². The Hall–Kier alpha value is -2.26. The van der Waals surface area contributed by atoms with Gasteiger partial charge in [-0.2, -0.15) is 4.31 Å². The molecule has 1 fully saturated rings. The summed E-state index contributed by atoms with van der Waals surface area (Å²) >= 11 is 0. The maximum absolute atomic E-state index is 13.7. The number of carboxylic acids is 2. The van der Waals surface area contributed by atoms with Gasteiger partial charge >= 0.3 is 115 Å². The molecule has 0 aromatic heterocycles. The number of aliphatic carboxylic acids is 1. The number of nitrogens with one attached hydrogen (secondary N) is 2. The predicted molar refractivity (Wildman–Crippen MR) is 198 cm³/mol. The third-order valence-corrected chi connectivity index (χ3v) is 11.3. The van der Waals surface area contributed by atoms with E-state index in [1.54, 1.807) is 49.4 Å². The zero-order chi connectivity index (χ0) is 37.4. The van der Waals surface area contributed by atoms with Crippen LogP contribution in [0.3, 0.4) is 0 Å². The number of amides is 2. The Bertz CT molecular complexity index is 2070. The van der Waals surface area contributed by atoms with Crippen LogP contribution in [-0.2, 0) is 27.7 Å². The molecule has 0 radical (unpaired) electrons. The van der Waals surface area contributed by atoms with Crippen molar-refractivity contribution in [1.29, 1.82) is 0 Å². The van der Waals surface area contributed by atoms with Gasteiger partial charge in [-0.1, -0.05) is 37.3 Å². The van der Waals surface area contributed by atoms with Crippen molar-refractivity contribution >= 4 is 45.2 Å². The van der Waals surface area contributed by atoms with Gasteiger partial charge in [0, 0.05) is 23.8 Å². The molecule has 0 heterocycles. The first-order valence-electron chi connectivity index (χ1n) is 17.0. The van der Waals surface area contributed by atoms with Gasteiger partial charge in [0.25, 0.3) is 11.8 Å². The second-order valence-electron chi connectivity index (χ2n) is 12.6. The molecule has 276 valence electrons. The molecule has 5 rings (SSSR count). The van der Waals surface area contributed by atoms with Crippen molar-refractivity contribution < 1.29 is 148 Å². The summed E-state index contributed by atoms with van der Waals surface area (Å²) in [6.07, 6.45) is 3.07. The third-order valence-electron chi connectivity index (χ3n) is 9.30. The van der Waals surface area contributed by atoms with Crippen molar-refractivity contribution in [2.45, 2.75) is 56.4 Å². The quantitative estimate of drug-likeness (QED) is 0.133. The Labute approximate surface area is 403 Å². The zero-order valence-electron chi connectivity index (χ0n) is 32.9. The van der Waals surface area contributed by atoms with Crippen LogP contribution in [0.2, 0.25) is 0 Å². The van der Waals surface area contributed by atoms with Crippen LogP contribution < -0.4 is 118 Å². The Kier molecular flexibility index (Phi) is 18.2. The number of hydrogen-bond donors (Lipinski definition) is 4. The molecule has 4 aromatic carbocycles. The molecular weight excluding hydrogens is 765 g/mol. The van der Waals surface area contributed by atoms with Gasteiger partial charge < -0.3 is 28.4 Å². The van der Waals surface area contributed by atoms with Crippen LogP contribution in [0.25, 0.3) is 0 Å². The number of hydrogen-bond acceptors (Lipinski definition) is 7. The summed E-state index contributed by atoms with van der Waals surface area (Å²) in [7, 11) is -2.55. The van der Waals surface area contributed by atoms with E-state index in [0.29, 0.717) is 50.0 Å². The van der Waals surface area contributed by atoms with Crippen LogP contribution in [0, 0.1) is 5.92 Å². The molecule has 15 heteroatoms. The second-order valence-corrected chi connectivity index (χ2v) is 14.5. The molecule has 54 heavy (non-hydrogen) atoms. The Balaban J connectivity index is 0.00000392. The number of sulfonamides is 1. The number of benzene rings is 4. The standard InChI is InChI=1S/C39H41N3O9S.2K.2H/c1-3-42(31-19-15-28(16-20-31)39(47)48)52(49,50)33-6-4-5-29(23-33)36(43)41-35-22-21-32(51-2)24-34(35)37(44)40-30-17-11-26(12-18-30)8-7-25-9-13-27(14-10-25)38(45)46;;;;/h4-6,9-14,17-18,21-24,28,31H,3,7-8,15-16,19-20H2,1-2H3,(H,40,44)(H,41,43)(H,45,46)(H,47,48);;;;/q;2*+1;2*-1. The number of ether oxygens (including phenoxy) is 1. The molecule has 12 nitrogen and oxygen atoms in total. The van der Waals surface area contributed by atoms with Crippen LogP contribution in [-0.4, -0.2) is 66.4 Å². The van der Waals surface area contributed by atoms with E-state index in [0.717, 1.165) is 11.1 Å². The van der Waals surface area contributed by atoms with Gasteiger partial charge in [-0.3, -0.25) is 14.4 Å². The molecular formula is C39H43K2N3O9S. The van der Waals surface area contributed by atoms with Crippen LogP contribution in [0.5, 0.6) is 5.75 Å². The number of carboxylic acid groups (broad SMARTS) is 2. The first-order valence-corrected chi connectivity index (χ1v) is 18.4. The van der Waals surface area contributed by atoms with E-state index in [9.17, 15) is 32.7 Å². The van der Waals surface area contributed by atoms with Gasteiger partial charge in [0.05, 0.1) is 34.7 Å². The van der Waals surface area contributed by atoms with Gasteiger partial charge in [0.15, 0.2) is 0 Å². The monoisotopic (exact) mass is 807 g/mol. The molecule has 1 aliphatic rings. The molecule has 0 aliphatic heterocycles. The number of carbonyl (C=O) groups excluding carboxylic acids is 2. The van der Waals surface area contributed by atoms with E-state index in [1.165, 1.54) is 47.8 Å². The van der Waals surface area contributed by atoms with Gasteiger partial charge in [0.1, 0.15) is 5.75 Å². The average Bonchev–Trinajstić information content (AvgIpc) is 3.15. The fourth-order valence-corrected chi connectivity index (χ4v) is 8.11. The zero-order valence-corrected chi connectivity index (χ0v) is 37.9.